The molecule has 2 aliphatic heterocycles. The van der Waals surface area contributed by atoms with Crippen LogP contribution in [0.3, 0.4) is 0 Å². The number of methoxy groups -OCH3 is 2. The number of alkyl halides is 2. The summed E-state index contributed by atoms with van der Waals surface area (Å²) in [6.45, 7) is 5.74. The number of hydrogen-bond donors (Lipinski definition) is 1. The van der Waals surface area contributed by atoms with Gasteiger partial charge in [0.2, 0.25) is 5.88 Å². The molecule has 1 atom stereocenters. The van der Waals surface area contributed by atoms with Crippen molar-refractivity contribution in [1.82, 2.24) is 15.2 Å². The number of aryl methyl sites for hydroxylation is 1. The van der Waals surface area contributed by atoms with Crippen LogP contribution in [0, 0.1) is 18.2 Å². The molecule has 3 aromatic rings. The van der Waals surface area contributed by atoms with Gasteiger partial charge in [-0.05, 0) is 32.4 Å². The first kappa shape index (κ1) is 25.5. The summed E-state index contributed by atoms with van der Waals surface area (Å²) in [6.07, 6.45) is 1.02. The van der Waals surface area contributed by atoms with Gasteiger partial charge < -0.3 is 24.4 Å². The summed E-state index contributed by atoms with van der Waals surface area (Å²) < 4.78 is 59.8. The van der Waals surface area contributed by atoms with Crippen LogP contribution in [0.4, 0.5) is 24.7 Å². The van der Waals surface area contributed by atoms with Gasteiger partial charge in [-0.15, -0.1) is 5.10 Å². The maximum atomic E-state index is 15.2. The molecule has 11 heteroatoms. The topological polar surface area (TPSA) is 81.6 Å². The number of anilines is 2. The molecule has 5 rings (SSSR count). The Balaban J connectivity index is 1.51. The highest BCUT2D eigenvalue weighted by Crippen LogP contribution is 2.43. The van der Waals surface area contributed by atoms with E-state index in [0.29, 0.717) is 28.3 Å². The molecule has 2 aliphatic rings. The van der Waals surface area contributed by atoms with Crippen molar-refractivity contribution in [3.8, 4) is 5.88 Å². The maximum Gasteiger partial charge on any atom is 0.298 e. The molecule has 4 heterocycles. The molecule has 1 N–H and O–H groups in total. The Hall–Kier alpha value is -3.18. The Bertz CT molecular complexity index is 1320. The Labute approximate surface area is 213 Å². The molecule has 0 saturated carbocycles. The van der Waals surface area contributed by atoms with Gasteiger partial charge in [-0.2, -0.15) is 13.9 Å². The van der Waals surface area contributed by atoms with E-state index in [1.165, 1.54) is 12.1 Å². The van der Waals surface area contributed by atoms with E-state index >= 15 is 4.39 Å². The van der Waals surface area contributed by atoms with Crippen molar-refractivity contribution >= 4 is 22.4 Å². The van der Waals surface area contributed by atoms with Crippen LogP contribution in [0.2, 0.25) is 0 Å². The van der Waals surface area contributed by atoms with E-state index in [1.807, 2.05) is 6.07 Å². The maximum absolute atomic E-state index is 15.2. The minimum atomic E-state index is -3.46. The van der Waals surface area contributed by atoms with Crippen LogP contribution in [0.15, 0.2) is 24.3 Å². The largest absolute Gasteiger partial charge is 0.480 e. The molecule has 0 radical (unpaired) electrons. The summed E-state index contributed by atoms with van der Waals surface area (Å²) in [4.78, 5) is 6.96. The highest BCUT2D eigenvalue weighted by atomic mass is 19.3. The third-order valence-corrected chi connectivity index (χ3v) is 7.22. The molecular formula is C26H30F3N5O3. The van der Waals surface area contributed by atoms with E-state index in [1.54, 1.807) is 21.0 Å². The lowest BCUT2D eigenvalue weighted by Gasteiger charge is -2.37. The predicted octanol–water partition coefficient (Wildman–Crippen LogP) is 4.62. The fourth-order valence-electron chi connectivity index (χ4n) is 5.13. The Morgan fingerprint density at radius 3 is 2.68 bits per heavy atom. The van der Waals surface area contributed by atoms with Crippen LogP contribution in [-0.2, 0) is 15.4 Å². The average Bonchev–Trinajstić information content (AvgIpc) is 3.31. The molecule has 0 bridgehead atoms. The van der Waals surface area contributed by atoms with E-state index < -0.39 is 30.0 Å². The van der Waals surface area contributed by atoms with Gasteiger partial charge >= 0.3 is 0 Å². The number of benzene rings is 1. The summed E-state index contributed by atoms with van der Waals surface area (Å²) >= 11 is 0. The van der Waals surface area contributed by atoms with Gasteiger partial charge in [-0.3, -0.25) is 0 Å². The van der Waals surface area contributed by atoms with E-state index in [2.05, 4.69) is 25.2 Å². The summed E-state index contributed by atoms with van der Waals surface area (Å²) in [7, 11) is 2.73. The molecule has 198 valence electrons. The van der Waals surface area contributed by atoms with Crippen molar-refractivity contribution in [2.75, 3.05) is 57.3 Å². The molecule has 0 aliphatic carbocycles. The van der Waals surface area contributed by atoms with E-state index in [-0.39, 0.29) is 11.0 Å². The van der Waals surface area contributed by atoms with Crippen LogP contribution in [0.25, 0.3) is 10.9 Å². The second-order valence-corrected chi connectivity index (χ2v) is 9.92. The number of nitrogens with zero attached hydrogens (tertiary/aromatic N) is 4. The second-order valence-electron chi connectivity index (χ2n) is 9.92. The normalized spacial score (nSPS) is 17.8. The molecule has 2 aromatic heterocycles. The zero-order valence-electron chi connectivity index (χ0n) is 21.3. The number of fused-ring (bicyclic) bond motifs is 1. The zero-order chi connectivity index (χ0) is 26.4. The third kappa shape index (κ3) is 4.54. The summed E-state index contributed by atoms with van der Waals surface area (Å²) in [5.41, 5.74) is 1.56. The lowest BCUT2D eigenvalue weighted by Crippen LogP contribution is -2.44. The second kappa shape index (κ2) is 9.60. The molecule has 8 nitrogen and oxygen atoms in total. The lowest BCUT2D eigenvalue weighted by molar-refractivity contribution is -0.0985. The standard InChI is InChI=1S/C26H30F3N5O3/c1-15(17-6-5-7-19(21(17)27)26(28,29)14-35-3)30-23-18-10-20(34-9-8-25(11-34)12-37-13-25)24(36-4)31-22(18)16(2)32-33-23/h5-7,10,15H,8-9,11-14H2,1-4H3,(H,30,33)/t15-/m1/s1. The molecule has 37 heavy (non-hydrogen) atoms. The Kier molecular flexibility index (Phi) is 6.61. The van der Waals surface area contributed by atoms with Gasteiger partial charge in [0.15, 0.2) is 5.82 Å². The van der Waals surface area contributed by atoms with Gasteiger partial charge in [0.1, 0.15) is 23.6 Å². The third-order valence-electron chi connectivity index (χ3n) is 7.22. The van der Waals surface area contributed by atoms with Crippen molar-refractivity contribution in [2.24, 2.45) is 5.41 Å². The fraction of sp³-hybridized carbons (Fsp3) is 0.500. The predicted molar refractivity (Wildman–Crippen MR) is 133 cm³/mol. The monoisotopic (exact) mass is 517 g/mol. The molecule has 1 aromatic carbocycles. The van der Waals surface area contributed by atoms with Gasteiger partial charge in [0, 0.05) is 36.6 Å². The average molecular weight is 518 g/mol. The summed E-state index contributed by atoms with van der Waals surface area (Å²) in [5.74, 6) is -3.59. The molecular weight excluding hydrogens is 487 g/mol. The molecule has 0 unspecified atom stereocenters. The SMILES string of the molecule is COCC(F)(F)c1cccc([C@@H](C)Nc2nnc(C)c3nc(OC)c(N4CCC5(COC5)C4)cc23)c1F. The number of hydrogen-bond acceptors (Lipinski definition) is 8. The Morgan fingerprint density at radius 1 is 1.24 bits per heavy atom. The highest BCUT2D eigenvalue weighted by Gasteiger charge is 2.45. The van der Waals surface area contributed by atoms with Gasteiger partial charge in [0.05, 0.1) is 37.6 Å². The Morgan fingerprint density at radius 2 is 2.03 bits per heavy atom. The van der Waals surface area contributed by atoms with Gasteiger partial charge in [0.25, 0.3) is 5.92 Å². The zero-order valence-corrected chi connectivity index (χ0v) is 21.3. The summed E-state index contributed by atoms with van der Waals surface area (Å²) in [6, 6.07) is 5.22. The van der Waals surface area contributed by atoms with E-state index in [0.717, 1.165) is 51.6 Å². The van der Waals surface area contributed by atoms with Gasteiger partial charge in [-0.1, -0.05) is 12.1 Å². The number of rotatable bonds is 8. The smallest absolute Gasteiger partial charge is 0.298 e. The molecule has 2 saturated heterocycles. The summed E-state index contributed by atoms with van der Waals surface area (Å²) in [5, 5.41) is 12.4. The van der Waals surface area contributed by atoms with Gasteiger partial charge in [-0.25, -0.2) is 9.37 Å². The fourth-order valence-corrected chi connectivity index (χ4v) is 5.13. The van der Waals surface area contributed by atoms with E-state index in [4.69, 9.17) is 14.5 Å². The minimum absolute atomic E-state index is 0.0805. The molecule has 2 fully saturated rings. The van der Waals surface area contributed by atoms with Crippen LogP contribution < -0.4 is 15.0 Å². The van der Waals surface area contributed by atoms with Crippen LogP contribution in [0.5, 0.6) is 5.88 Å². The molecule has 0 amide bonds. The van der Waals surface area contributed by atoms with Crippen LogP contribution in [0.1, 0.15) is 36.2 Å². The van der Waals surface area contributed by atoms with Crippen molar-refractivity contribution in [1.29, 1.82) is 0 Å². The number of ether oxygens (including phenoxy) is 3. The number of nitrogens with one attached hydrogen (secondary N) is 1. The quantitative estimate of drug-likeness (QED) is 0.464. The first-order chi connectivity index (χ1) is 17.7. The van der Waals surface area contributed by atoms with Crippen molar-refractivity contribution in [3.05, 3.63) is 46.9 Å². The van der Waals surface area contributed by atoms with Crippen molar-refractivity contribution < 1.29 is 27.4 Å². The first-order valence-corrected chi connectivity index (χ1v) is 12.1. The minimum Gasteiger partial charge on any atom is -0.480 e. The molecule has 1 spiro atoms. The van der Waals surface area contributed by atoms with E-state index in [9.17, 15) is 8.78 Å². The van der Waals surface area contributed by atoms with Crippen molar-refractivity contribution in [2.45, 2.75) is 32.2 Å². The van der Waals surface area contributed by atoms with Crippen LogP contribution in [-0.4, -0.2) is 62.3 Å². The number of halogens is 3. The highest BCUT2D eigenvalue weighted by molar-refractivity contribution is 5.93. The van der Waals surface area contributed by atoms with Crippen LogP contribution >= 0.6 is 0 Å². The number of pyridine rings is 1. The lowest BCUT2D eigenvalue weighted by atomic mass is 9.85. The van der Waals surface area contributed by atoms with Crippen molar-refractivity contribution in [3.63, 3.8) is 0 Å². The number of aromatic nitrogens is 3. The first-order valence-electron chi connectivity index (χ1n) is 12.1.